The van der Waals surface area contributed by atoms with Gasteiger partial charge in [-0.15, -0.1) is 0 Å². The van der Waals surface area contributed by atoms with Crippen molar-refractivity contribution >= 4 is 17.7 Å². The molecule has 7 nitrogen and oxygen atoms in total. The fraction of sp³-hybridized carbons (Fsp3) is 0.500. The first-order chi connectivity index (χ1) is 16.3. The number of imide groups is 1. The standard InChI is InChI=1S/C26H30FN3O4/c1-15(2)17-9-19(34-14-17)12-29-7-5-16(6-8-29)20-10-18(27)11-21-22(20)13-30(26(21)33)23-3-4-24(31)28-25(23)32/h9-11,14-16,23H,3-8,12-13H2,1-2H3,(H,28,31,32). The van der Waals surface area contributed by atoms with Gasteiger partial charge in [0.05, 0.1) is 12.8 Å². The number of likely N-dealkylation sites (tertiary alicyclic amines) is 1. The molecule has 4 heterocycles. The highest BCUT2D eigenvalue weighted by Crippen LogP contribution is 2.38. The Balaban J connectivity index is 1.29. The quantitative estimate of drug-likeness (QED) is 0.679. The van der Waals surface area contributed by atoms with Gasteiger partial charge in [-0.05, 0) is 79.1 Å². The third kappa shape index (κ3) is 4.27. The molecule has 1 N–H and O–H groups in total. The molecule has 3 amide bonds. The Morgan fingerprint density at radius 2 is 1.88 bits per heavy atom. The van der Waals surface area contributed by atoms with Crippen molar-refractivity contribution in [2.24, 2.45) is 0 Å². The summed E-state index contributed by atoms with van der Waals surface area (Å²) in [5, 5.41) is 2.32. The Kier molecular flexibility index (Phi) is 6.02. The molecular weight excluding hydrogens is 437 g/mol. The van der Waals surface area contributed by atoms with Crippen LogP contribution in [-0.4, -0.2) is 46.7 Å². The summed E-state index contributed by atoms with van der Waals surface area (Å²) in [5.41, 5.74) is 3.24. The van der Waals surface area contributed by atoms with E-state index in [1.807, 2.05) is 6.26 Å². The number of nitrogens with zero attached hydrogens (tertiary/aromatic N) is 2. The SMILES string of the molecule is CC(C)c1coc(CN2CCC(c3cc(F)cc4c3CN(C3CCC(=O)NC3=O)C4=O)CC2)c1. The molecule has 1 aromatic heterocycles. The largest absolute Gasteiger partial charge is 0.468 e. The Bertz CT molecular complexity index is 1130. The third-order valence-corrected chi connectivity index (χ3v) is 7.40. The summed E-state index contributed by atoms with van der Waals surface area (Å²) in [6.45, 7) is 7.04. The molecule has 2 saturated heterocycles. The number of piperidine rings is 2. The van der Waals surface area contributed by atoms with E-state index in [0.29, 0.717) is 17.9 Å². The van der Waals surface area contributed by atoms with E-state index in [9.17, 15) is 18.8 Å². The monoisotopic (exact) mass is 467 g/mol. The number of fused-ring (bicyclic) bond motifs is 1. The van der Waals surface area contributed by atoms with Gasteiger partial charge < -0.3 is 9.32 Å². The molecule has 0 aliphatic carbocycles. The van der Waals surface area contributed by atoms with E-state index in [-0.39, 0.29) is 30.7 Å². The van der Waals surface area contributed by atoms with Gasteiger partial charge in [0.1, 0.15) is 17.6 Å². The van der Waals surface area contributed by atoms with Gasteiger partial charge >= 0.3 is 0 Å². The highest BCUT2D eigenvalue weighted by atomic mass is 19.1. The summed E-state index contributed by atoms with van der Waals surface area (Å²) in [7, 11) is 0. The van der Waals surface area contributed by atoms with E-state index in [0.717, 1.165) is 49.4 Å². The molecule has 1 unspecified atom stereocenters. The molecule has 180 valence electrons. The van der Waals surface area contributed by atoms with Gasteiger partial charge in [-0.1, -0.05) is 13.8 Å². The number of benzene rings is 1. The fourth-order valence-electron chi connectivity index (χ4n) is 5.42. The van der Waals surface area contributed by atoms with Gasteiger partial charge in [-0.3, -0.25) is 24.6 Å². The number of carbonyl (C=O) groups is 3. The predicted octanol–water partition coefficient (Wildman–Crippen LogP) is 3.68. The zero-order valence-corrected chi connectivity index (χ0v) is 19.6. The molecule has 0 spiro atoms. The van der Waals surface area contributed by atoms with Gasteiger partial charge in [0.15, 0.2) is 0 Å². The second kappa shape index (κ2) is 8.98. The topological polar surface area (TPSA) is 82.9 Å². The van der Waals surface area contributed by atoms with Crippen molar-refractivity contribution in [1.82, 2.24) is 15.1 Å². The van der Waals surface area contributed by atoms with Crippen LogP contribution in [0.25, 0.3) is 0 Å². The number of rotatable bonds is 5. The summed E-state index contributed by atoms with van der Waals surface area (Å²) in [5.74, 6) is 0.0103. The second-order valence-electron chi connectivity index (χ2n) is 9.97. The van der Waals surface area contributed by atoms with Crippen molar-refractivity contribution in [3.05, 3.63) is 58.3 Å². The van der Waals surface area contributed by atoms with E-state index in [2.05, 4.69) is 30.1 Å². The second-order valence-corrected chi connectivity index (χ2v) is 9.97. The van der Waals surface area contributed by atoms with E-state index >= 15 is 0 Å². The van der Waals surface area contributed by atoms with Crippen LogP contribution in [0.15, 0.2) is 28.9 Å². The smallest absolute Gasteiger partial charge is 0.255 e. The van der Waals surface area contributed by atoms with Crippen LogP contribution in [0.1, 0.15) is 84.2 Å². The normalized spacial score (nSPS) is 21.9. The zero-order chi connectivity index (χ0) is 24.0. The van der Waals surface area contributed by atoms with Gasteiger partial charge in [0, 0.05) is 18.5 Å². The molecule has 0 radical (unpaired) electrons. The third-order valence-electron chi connectivity index (χ3n) is 7.40. The minimum absolute atomic E-state index is 0.151. The molecule has 0 saturated carbocycles. The summed E-state index contributed by atoms with van der Waals surface area (Å²) in [6.07, 6.45) is 4.05. The molecule has 2 aromatic rings. The van der Waals surface area contributed by atoms with Crippen LogP contribution < -0.4 is 5.32 Å². The lowest BCUT2D eigenvalue weighted by atomic mass is 9.85. The summed E-state index contributed by atoms with van der Waals surface area (Å²) in [4.78, 5) is 40.8. The van der Waals surface area contributed by atoms with Crippen molar-refractivity contribution in [2.45, 2.75) is 70.5 Å². The van der Waals surface area contributed by atoms with Crippen LogP contribution in [0, 0.1) is 5.82 Å². The average molecular weight is 468 g/mol. The molecule has 1 atom stereocenters. The highest BCUT2D eigenvalue weighted by molar-refractivity contribution is 6.05. The van der Waals surface area contributed by atoms with Crippen LogP contribution in [0.4, 0.5) is 4.39 Å². The van der Waals surface area contributed by atoms with Crippen LogP contribution in [0.5, 0.6) is 0 Å². The van der Waals surface area contributed by atoms with Crippen LogP contribution >= 0.6 is 0 Å². The molecule has 3 aliphatic rings. The maximum absolute atomic E-state index is 14.6. The molecule has 34 heavy (non-hydrogen) atoms. The molecule has 8 heteroatoms. The van der Waals surface area contributed by atoms with E-state index in [4.69, 9.17) is 4.42 Å². The summed E-state index contributed by atoms with van der Waals surface area (Å²) < 4.78 is 20.3. The molecule has 5 rings (SSSR count). The maximum Gasteiger partial charge on any atom is 0.255 e. The lowest BCUT2D eigenvalue weighted by Crippen LogP contribution is -2.52. The Hall–Kier alpha value is -3.00. The Labute approximate surface area is 198 Å². The van der Waals surface area contributed by atoms with Crippen molar-refractivity contribution < 1.29 is 23.2 Å². The van der Waals surface area contributed by atoms with Gasteiger partial charge in [0.2, 0.25) is 11.8 Å². The Morgan fingerprint density at radius 3 is 2.56 bits per heavy atom. The van der Waals surface area contributed by atoms with Crippen LogP contribution in [0.2, 0.25) is 0 Å². The first-order valence-corrected chi connectivity index (χ1v) is 12.1. The van der Waals surface area contributed by atoms with Crippen molar-refractivity contribution in [3.63, 3.8) is 0 Å². The Morgan fingerprint density at radius 1 is 1.12 bits per heavy atom. The number of hydrogen-bond acceptors (Lipinski definition) is 5. The fourth-order valence-corrected chi connectivity index (χ4v) is 5.42. The number of furan rings is 1. The number of hydrogen-bond donors (Lipinski definition) is 1. The highest BCUT2D eigenvalue weighted by Gasteiger charge is 2.41. The van der Waals surface area contributed by atoms with Gasteiger partial charge in [-0.2, -0.15) is 0 Å². The number of nitrogens with one attached hydrogen (secondary N) is 1. The van der Waals surface area contributed by atoms with E-state index < -0.39 is 17.8 Å². The first-order valence-electron chi connectivity index (χ1n) is 12.1. The van der Waals surface area contributed by atoms with Crippen LogP contribution in [0.3, 0.4) is 0 Å². The number of amides is 3. The predicted molar refractivity (Wildman–Crippen MR) is 122 cm³/mol. The van der Waals surface area contributed by atoms with Crippen molar-refractivity contribution in [2.75, 3.05) is 13.1 Å². The lowest BCUT2D eigenvalue weighted by molar-refractivity contribution is -0.136. The van der Waals surface area contributed by atoms with Gasteiger partial charge in [-0.25, -0.2) is 4.39 Å². The van der Waals surface area contributed by atoms with Crippen LogP contribution in [-0.2, 0) is 22.7 Å². The average Bonchev–Trinajstić information content (AvgIpc) is 3.39. The number of carbonyl (C=O) groups excluding carboxylic acids is 3. The molecule has 3 aliphatic heterocycles. The molecule has 1 aromatic carbocycles. The van der Waals surface area contributed by atoms with E-state index in [1.165, 1.54) is 16.5 Å². The van der Waals surface area contributed by atoms with E-state index in [1.54, 1.807) is 6.07 Å². The number of halogens is 1. The first kappa shape index (κ1) is 22.8. The van der Waals surface area contributed by atoms with Gasteiger partial charge in [0.25, 0.3) is 5.91 Å². The molecule has 2 fully saturated rings. The van der Waals surface area contributed by atoms with Crippen molar-refractivity contribution in [1.29, 1.82) is 0 Å². The summed E-state index contributed by atoms with van der Waals surface area (Å²) >= 11 is 0. The zero-order valence-electron chi connectivity index (χ0n) is 19.6. The lowest BCUT2D eigenvalue weighted by Gasteiger charge is -2.32. The molecule has 0 bridgehead atoms. The van der Waals surface area contributed by atoms with Crippen molar-refractivity contribution in [3.8, 4) is 0 Å². The minimum Gasteiger partial charge on any atom is -0.468 e. The minimum atomic E-state index is -0.695. The maximum atomic E-state index is 14.6. The molecular formula is C26H30FN3O4. The summed E-state index contributed by atoms with van der Waals surface area (Å²) in [6, 6.07) is 4.26.